The van der Waals surface area contributed by atoms with E-state index >= 15 is 0 Å². The van der Waals surface area contributed by atoms with Crippen molar-refractivity contribution in [2.45, 2.75) is 57.8 Å². The van der Waals surface area contributed by atoms with E-state index in [0.29, 0.717) is 17.7 Å². The number of hydrogen-bond acceptors (Lipinski definition) is 4. The van der Waals surface area contributed by atoms with Gasteiger partial charge in [0.25, 0.3) is 0 Å². The van der Waals surface area contributed by atoms with E-state index in [9.17, 15) is 4.79 Å². The zero-order valence-electron chi connectivity index (χ0n) is 12.2. The maximum atomic E-state index is 12.6. The molecule has 2 heterocycles. The Hall–Kier alpha value is -0.970. The Bertz CT molecular complexity index is 467. The number of nitrogens with zero attached hydrogens (tertiary/aromatic N) is 3. The lowest BCUT2D eigenvalue weighted by molar-refractivity contribution is -0.137. The van der Waals surface area contributed by atoms with Gasteiger partial charge >= 0.3 is 0 Å². The Morgan fingerprint density at radius 1 is 1.15 bits per heavy atom. The Labute approximate surface area is 124 Å². The lowest BCUT2D eigenvalue weighted by Crippen LogP contribution is -2.42. The average molecular weight is 293 g/mol. The average Bonchev–Trinajstić information content (AvgIpc) is 2.94. The summed E-state index contributed by atoms with van der Waals surface area (Å²) in [6, 6.07) is 0. The van der Waals surface area contributed by atoms with Crippen LogP contribution in [0.5, 0.6) is 0 Å². The number of likely N-dealkylation sites (tertiary alicyclic amines) is 1. The lowest BCUT2D eigenvalue weighted by atomic mass is 9.87. The van der Waals surface area contributed by atoms with Crippen LogP contribution < -0.4 is 0 Å². The van der Waals surface area contributed by atoms with E-state index in [1.54, 1.807) is 11.3 Å². The molecule has 1 saturated heterocycles. The van der Waals surface area contributed by atoms with Crippen molar-refractivity contribution in [2.24, 2.45) is 5.92 Å². The van der Waals surface area contributed by atoms with Gasteiger partial charge in [-0.25, -0.2) is 0 Å². The van der Waals surface area contributed by atoms with E-state index in [4.69, 9.17) is 0 Å². The van der Waals surface area contributed by atoms with E-state index in [1.165, 1.54) is 19.3 Å². The summed E-state index contributed by atoms with van der Waals surface area (Å²) in [6.45, 7) is 3.78. The highest BCUT2D eigenvalue weighted by Crippen LogP contribution is 2.31. The summed E-state index contributed by atoms with van der Waals surface area (Å²) in [5, 5.41) is 10.5. The summed E-state index contributed by atoms with van der Waals surface area (Å²) >= 11 is 1.68. The van der Waals surface area contributed by atoms with Gasteiger partial charge in [0.15, 0.2) is 0 Å². The maximum Gasteiger partial charge on any atom is 0.225 e. The fourth-order valence-electron chi connectivity index (χ4n) is 3.46. The highest BCUT2D eigenvalue weighted by atomic mass is 32.1. The minimum Gasteiger partial charge on any atom is -0.342 e. The molecule has 1 atom stereocenters. The third-order valence-corrected chi connectivity index (χ3v) is 5.58. The van der Waals surface area contributed by atoms with Gasteiger partial charge in [-0.1, -0.05) is 19.3 Å². The number of piperidine rings is 1. The van der Waals surface area contributed by atoms with Gasteiger partial charge in [-0.3, -0.25) is 4.79 Å². The van der Waals surface area contributed by atoms with Gasteiger partial charge in [0.2, 0.25) is 5.91 Å². The van der Waals surface area contributed by atoms with Gasteiger partial charge in [0.1, 0.15) is 10.0 Å². The topological polar surface area (TPSA) is 46.1 Å². The molecule has 110 valence electrons. The molecule has 0 spiro atoms. The van der Waals surface area contributed by atoms with Gasteiger partial charge < -0.3 is 4.90 Å². The summed E-state index contributed by atoms with van der Waals surface area (Å²) in [4.78, 5) is 14.7. The van der Waals surface area contributed by atoms with Gasteiger partial charge in [-0.05, 0) is 32.6 Å². The van der Waals surface area contributed by atoms with Gasteiger partial charge in [0.05, 0.1) is 0 Å². The third kappa shape index (κ3) is 3.03. The maximum absolute atomic E-state index is 12.6. The number of carbonyl (C=O) groups is 1. The number of amides is 1. The van der Waals surface area contributed by atoms with Crippen LogP contribution in [0, 0.1) is 12.8 Å². The first-order chi connectivity index (χ1) is 9.74. The van der Waals surface area contributed by atoms with Crippen LogP contribution in [0.3, 0.4) is 0 Å². The molecule has 3 rings (SSSR count). The van der Waals surface area contributed by atoms with E-state index in [-0.39, 0.29) is 0 Å². The second-order valence-corrected chi connectivity index (χ2v) is 7.33. The van der Waals surface area contributed by atoms with Crippen LogP contribution in [0.4, 0.5) is 0 Å². The van der Waals surface area contributed by atoms with Crippen LogP contribution >= 0.6 is 11.3 Å². The molecule has 1 saturated carbocycles. The highest BCUT2D eigenvalue weighted by molar-refractivity contribution is 7.11. The minimum absolute atomic E-state index is 0.290. The largest absolute Gasteiger partial charge is 0.342 e. The van der Waals surface area contributed by atoms with Crippen LogP contribution in [0.1, 0.15) is 60.9 Å². The molecule has 20 heavy (non-hydrogen) atoms. The molecule has 0 aromatic carbocycles. The highest BCUT2D eigenvalue weighted by Gasteiger charge is 2.31. The van der Waals surface area contributed by atoms with Crippen LogP contribution in [0.15, 0.2) is 0 Å². The first-order valence-electron chi connectivity index (χ1n) is 7.83. The molecular formula is C15H23N3OS. The summed E-state index contributed by atoms with van der Waals surface area (Å²) in [6.07, 6.45) is 8.18. The number of carbonyl (C=O) groups excluding carboxylic acids is 1. The van der Waals surface area contributed by atoms with Gasteiger partial charge in [0, 0.05) is 24.9 Å². The minimum atomic E-state index is 0.290. The zero-order valence-corrected chi connectivity index (χ0v) is 13.0. The van der Waals surface area contributed by atoms with Crippen LogP contribution in [0.25, 0.3) is 0 Å². The van der Waals surface area contributed by atoms with E-state index < -0.39 is 0 Å². The smallest absolute Gasteiger partial charge is 0.225 e. The van der Waals surface area contributed by atoms with Crippen molar-refractivity contribution in [3.8, 4) is 0 Å². The van der Waals surface area contributed by atoms with Crippen molar-refractivity contribution in [1.29, 1.82) is 0 Å². The molecule has 0 unspecified atom stereocenters. The predicted molar refractivity (Wildman–Crippen MR) is 79.8 cm³/mol. The molecule has 1 aromatic rings. The number of hydrogen-bond donors (Lipinski definition) is 0. The first kappa shape index (κ1) is 14.0. The van der Waals surface area contributed by atoms with E-state index in [2.05, 4.69) is 15.1 Å². The monoisotopic (exact) mass is 293 g/mol. The fraction of sp³-hybridized carbons (Fsp3) is 0.800. The molecule has 1 amide bonds. The molecule has 0 radical (unpaired) electrons. The molecule has 2 aliphatic rings. The SMILES string of the molecule is Cc1nnc([C@H]2CCCN(C(=O)C3CCCCC3)C2)s1. The molecule has 1 aromatic heterocycles. The Morgan fingerprint density at radius 3 is 2.65 bits per heavy atom. The quantitative estimate of drug-likeness (QED) is 0.841. The summed E-state index contributed by atoms with van der Waals surface area (Å²) in [5.74, 6) is 1.09. The van der Waals surface area contributed by atoms with Crippen molar-refractivity contribution in [2.75, 3.05) is 13.1 Å². The third-order valence-electron chi connectivity index (χ3n) is 4.58. The zero-order chi connectivity index (χ0) is 13.9. The Morgan fingerprint density at radius 2 is 1.95 bits per heavy atom. The molecular weight excluding hydrogens is 270 g/mol. The van der Waals surface area contributed by atoms with Crippen molar-refractivity contribution < 1.29 is 4.79 Å². The lowest BCUT2D eigenvalue weighted by Gasteiger charge is -2.35. The normalized spacial score (nSPS) is 24.9. The standard InChI is InChI=1S/C15H23N3OS/c1-11-16-17-14(20-11)13-8-5-9-18(10-13)15(19)12-6-3-2-4-7-12/h12-13H,2-10H2,1H3/t13-/m0/s1. The van der Waals surface area contributed by atoms with E-state index in [0.717, 1.165) is 48.8 Å². The second-order valence-electron chi connectivity index (χ2n) is 6.12. The van der Waals surface area contributed by atoms with Crippen molar-refractivity contribution >= 4 is 17.2 Å². The van der Waals surface area contributed by atoms with Crippen molar-refractivity contribution in [1.82, 2.24) is 15.1 Å². The fourth-order valence-corrected chi connectivity index (χ4v) is 4.29. The Kier molecular flexibility index (Phi) is 4.34. The van der Waals surface area contributed by atoms with Crippen LogP contribution in [-0.4, -0.2) is 34.1 Å². The second kappa shape index (κ2) is 6.20. The summed E-state index contributed by atoms with van der Waals surface area (Å²) in [7, 11) is 0. The van der Waals surface area contributed by atoms with Crippen molar-refractivity contribution in [3.63, 3.8) is 0 Å². The van der Waals surface area contributed by atoms with Crippen molar-refractivity contribution in [3.05, 3.63) is 10.0 Å². The van der Waals surface area contributed by atoms with Gasteiger partial charge in [-0.2, -0.15) is 0 Å². The Balaban J connectivity index is 1.63. The molecule has 0 N–H and O–H groups in total. The molecule has 5 heteroatoms. The first-order valence-corrected chi connectivity index (χ1v) is 8.64. The number of rotatable bonds is 2. The van der Waals surface area contributed by atoms with Gasteiger partial charge in [-0.15, -0.1) is 21.5 Å². The summed E-state index contributed by atoms with van der Waals surface area (Å²) in [5.41, 5.74) is 0. The van der Waals surface area contributed by atoms with Crippen LogP contribution in [-0.2, 0) is 4.79 Å². The number of aryl methyl sites for hydroxylation is 1. The molecule has 1 aliphatic heterocycles. The number of aromatic nitrogens is 2. The molecule has 2 fully saturated rings. The molecule has 4 nitrogen and oxygen atoms in total. The van der Waals surface area contributed by atoms with Crippen LogP contribution in [0.2, 0.25) is 0 Å². The molecule has 1 aliphatic carbocycles. The van der Waals surface area contributed by atoms with E-state index in [1.807, 2.05) is 6.92 Å². The predicted octanol–water partition coefficient (Wildman–Crippen LogP) is 3.13. The molecule has 0 bridgehead atoms. The summed E-state index contributed by atoms with van der Waals surface area (Å²) < 4.78 is 0.